The van der Waals surface area contributed by atoms with E-state index in [2.05, 4.69) is 0 Å². The Kier molecular flexibility index (Phi) is 3.00. The van der Waals surface area contributed by atoms with Gasteiger partial charge in [-0.2, -0.15) is 0 Å². The highest BCUT2D eigenvalue weighted by Crippen LogP contribution is 2.47. The van der Waals surface area contributed by atoms with Crippen molar-refractivity contribution in [3.05, 3.63) is 23.8 Å². The Bertz CT molecular complexity index is 545. The Morgan fingerprint density at radius 3 is 2.85 bits per heavy atom. The maximum Gasteiger partial charge on any atom is 0.411 e. The third kappa shape index (κ3) is 1.72. The summed E-state index contributed by atoms with van der Waals surface area (Å²) in [5.74, 6) is 1.41. The van der Waals surface area contributed by atoms with Gasteiger partial charge in [0.25, 0.3) is 0 Å². The number of hydrogen-bond donors (Lipinski definition) is 0. The van der Waals surface area contributed by atoms with E-state index in [1.807, 2.05) is 30.0 Å². The molecule has 0 unspecified atom stereocenters. The molecule has 2 aliphatic rings. The van der Waals surface area contributed by atoms with E-state index in [0.717, 1.165) is 30.7 Å². The number of carbonyl (C=O) groups excluding carboxylic acids is 1. The standard InChI is InChI=1S/C15H19NO4/c1-15(13-5-4-8-16(13)14(17)20-15)11-7-6-10(18-2)9-12(11)19-3/h6-7,9,13H,4-5,8H2,1-3H3/t13-,15+/m0/s1. The van der Waals surface area contributed by atoms with Crippen molar-refractivity contribution in [3.8, 4) is 11.5 Å². The van der Waals surface area contributed by atoms with Crippen molar-refractivity contribution in [1.82, 2.24) is 4.90 Å². The highest BCUT2D eigenvalue weighted by Gasteiger charge is 2.54. The summed E-state index contributed by atoms with van der Waals surface area (Å²) in [5, 5.41) is 0. The van der Waals surface area contributed by atoms with Crippen LogP contribution in [0, 0.1) is 0 Å². The van der Waals surface area contributed by atoms with Crippen LogP contribution in [0.3, 0.4) is 0 Å². The lowest BCUT2D eigenvalue weighted by atomic mass is 9.86. The molecule has 2 saturated heterocycles. The third-order valence-corrected chi connectivity index (χ3v) is 4.37. The minimum absolute atomic E-state index is 0.0808. The molecule has 0 spiro atoms. The lowest BCUT2D eigenvalue weighted by Crippen LogP contribution is -2.37. The fraction of sp³-hybridized carbons (Fsp3) is 0.533. The molecule has 5 nitrogen and oxygen atoms in total. The maximum absolute atomic E-state index is 12.0. The molecule has 2 atom stereocenters. The number of fused-ring (bicyclic) bond motifs is 1. The van der Waals surface area contributed by atoms with Gasteiger partial charge in [0.15, 0.2) is 5.60 Å². The second-order valence-corrected chi connectivity index (χ2v) is 5.39. The minimum atomic E-state index is -0.662. The molecule has 0 saturated carbocycles. The molecule has 2 aliphatic heterocycles. The Hall–Kier alpha value is -1.91. The van der Waals surface area contributed by atoms with E-state index in [1.165, 1.54) is 0 Å². The van der Waals surface area contributed by atoms with Crippen LogP contribution >= 0.6 is 0 Å². The van der Waals surface area contributed by atoms with Gasteiger partial charge in [0.2, 0.25) is 0 Å². The van der Waals surface area contributed by atoms with Crippen LogP contribution in [0.1, 0.15) is 25.3 Å². The van der Waals surface area contributed by atoms with E-state index in [4.69, 9.17) is 14.2 Å². The number of cyclic esters (lactones) is 1. The fourth-order valence-electron chi connectivity index (χ4n) is 3.31. The van der Waals surface area contributed by atoms with Crippen LogP contribution in [-0.4, -0.2) is 37.8 Å². The Labute approximate surface area is 118 Å². The van der Waals surface area contributed by atoms with Gasteiger partial charge in [-0.15, -0.1) is 0 Å². The second kappa shape index (κ2) is 4.58. The smallest absolute Gasteiger partial charge is 0.411 e. The number of methoxy groups -OCH3 is 2. The lowest BCUT2D eigenvalue weighted by Gasteiger charge is -2.30. The van der Waals surface area contributed by atoms with Crippen molar-refractivity contribution >= 4 is 6.09 Å². The molecular formula is C15H19NO4. The van der Waals surface area contributed by atoms with Crippen molar-refractivity contribution in [2.45, 2.75) is 31.4 Å². The molecule has 5 heteroatoms. The number of carbonyl (C=O) groups is 1. The first kappa shape index (κ1) is 13.1. The van der Waals surface area contributed by atoms with E-state index < -0.39 is 5.60 Å². The van der Waals surface area contributed by atoms with E-state index >= 15 is 0 Å². The number of nitrogens with zero attached hydrogens (tertiary/aromatic N) is 1. The maximum atomic E-state index is 12.0. The van der Waals surface area contributed by atoms with Gasteiger partial charge in [0, 0.05) is 18.2 Å². The monoisotopic (exact) mass is 277 g/mol. The van der Waals surface area contributed by atoms with E-state index in [0.29, 0.717) is 5.75 Å². The molecule has 3 rings (SSSR count). The van der Waals surface area contributed by atoms with Crippen LogP contribution in [0.5, 0.6) is 11.5 Å². The van der Waals surface area contributed by atoms with Crippen LogP contribution < -0.4 is 9.47 Å². The Balaban J connectivity index is 2.05. The average molecular weight is 277 g/mol. The number of ether oxygens (including phenoxy) is 3. The predicted molar refractivity (Wildman–Crippen MR) is 73.1 cm³/mol. The molecular weight excluding hydrogens is 258 g/mol. The molecule has 1 aromatic carbocycles. The summed E-state index contributed by atoms with van der Waals surface area (Å²) in [7, 11) is 3.23. The van der Waals surface area contributed by atoms with Gasteiger partial charge in [-0.1, -0.05) is 0 Å². The molecule has 0 radical (unpaired) electrons. The zero-order chi connectivity index (χ0) is 14.3. The molecule has 0 aliphatic carbocycles. The quantitative estimate of drug-likeness (QED) is 0.852. The summed E-state index contributed by atoms with van der Waals surface area (Å²) in [6, 6.07) is 5.70. The molecule has 108 valence electrons. The van der Waals surface area contributed by atoms with Crippen LogP contribution in [0.4, 0.5) is 4.79 Å². The van der Waals surface area contributed by atoms with E-state index in [1.54, 1.807) is 14.2 Å². The van der Waals surface area contributed by atoms with E-state index in [-0.39, 0.29) is 12.1 Å². The van der Waals surface area contributed by atoms with Crippen molar-refractivity contribution in [2.24, 2.45) is 0 Å². The summed E-state index contributed by atoms with van der Waals surface area (Å²) in [4.78, 5) is 13.8. The van der Waals surface area contributed by atoms with Gasteiger partial charge in [0.05, 0.1) is 20.3 Å². The van der Waals surface area contributed by atoms with Crippen molar-refractivity contribution in [2.75, 3.05) is 20.8 Å². The van der Waals surface area contributed by atoms with Gasteiger partial charge >= 0.3 is 6.09 Å². The summed E-state index contributed by atoms with van der Waals surface area (Å²) < 4.78 is 16.4. The number of benzene rings is 1. The molecule has 2 heterocycles. The first-order valence-electron chi connectivity index (χ1n) is 6.82. The SMILES string of the molecule is COc1ccc([C@@]2(C)OC(=O)N3CCC[C@H]32)c(OC)c1. The zero-order valence-corrected chi connectivity index (χ0v) is 12.0. The molecule has 20 heavy (non-hydrogen) atoms. The lowest BCUT2D eigenvalue weighted by molar-refractivity contribution is 0.0463. The van der Waals surface area contributed by atoms with Crippen LogP contribution in [0.2, 0.25) is 0 Å². The topological polar surface area (TPSA) is 48.0 Å². The van der Waals surface area contributed by atoms with Gasteiger partial charge in [-0.3, -0.25) is 0 Å². The highest BCUT2D eigenvalue weighted by molar-refractivity contribution is 5.73. The van der Waals surface area contributed by atoms with Crippen LogP contribution in [0.25, 0.3) is 0 Å². The normalized spacial score (nSPS) is 28.2. The minimum Gasteiger partial charge on any atom is -0.497 e. The first-order chi connectivity index (χ1) is 9.60. The predicted octanol–water partition coefficient (Wildman–Crippen LogP) is 2.53. The van der Waals surface area contributed by atoms with Gasteiger partial charge < -0.3 is 19.1 Å². The van der Waals surface area contributed by atoms with Crippen molar-refractivity contribution in [3.63, 3.8) is 0 Å². The largest absolute Gasteiger partial charge is 0.497 e. The van der Waals surface area contributed by atoms with E-state index in [9.17, 15) is 4.79 Å². The van der Waals surface area contributed by atoms with Crippen LogP contribution in [-0.2, 0) is 10.3 Å². The molecule has 0 aromatic heterocycles. The molecule has 0 N–H and O–H groups in total. The molecule has 1 amide bonds. The number of hydrogen-bond acceptors (Lipinski definition) is 4. The third-order valence-electron chi connectivity index (χ3n) is 4.37. The number of amides is 1. The molecule has 0 bridgehead atoms. The van der Waals surface area contributed by atoms with Gasteiger partial charge in [-0.25, -0.2) is 4.79 Å². The van der Waals surface area contributed by atoms with Crippen LogP contribution in [0.15, 0.2) is 18.2 Å². The Morgan fingerprint density at radius 2 is 2.15 bits per heavy atom. The average Bonchev–Trinajstić information content (AvgIpc) is 3.03. The summed E-state index contributed by atoms with van der Waals surface area (Å²) >= 11 is 0. The number of rotatable bonds is 3. The van der Waals surface area contributed by atoms with Gasteiger partial charge in [-0.05, 0) is 31.9 Å². The Morgan fingerprint density at radius 1 is 1.35 bits per heavy atom. The molecule has 2 fully saturated rings. The second-order valence-electron chi connectivity index (χ2n) is 5.39. The fourth-order valence-corrected chi connectivity index (χ4v) is 3.31. The molecule has 1 aromatic rings. The van der Waals surface area contributed by atoms with Gasteiger partial charge in [0.1, 0.15) is 11.5 Å². The first-order valence-corrected chi connectivity index (χ1v) is 6.82. The van der Waals surface area contributed by atoms with Crippen molar-refractivity contribution < 1.29 is 19.0 Å². The van der Waals surface area contributed by atoms with Crippen molar-refractivity contribution in [1.29, 1.82) is 0 Å². The highest BCUT2D eigenvalue weighted by atomic mass is 16.6. The summed E-state index contributed by atoms with van der Waals surface area (Å²) in [6.45, 7) is 2.74. The zero-order valence-electron chi connectivity index (χ0n) is 12.0. The summed E-state index contributed by atoms with van der Waals surface area (Å²) in [6.07, 6.45) is 1.75. The summed E-state index contributed by atoms with van der Waals surface area (Å²) in [5.41, 5.74) is 0.231.